The highest BCUT2D eigenvalue weighted by atomic mass is 32.1. The third-order valence-corrected chi connectivity index (χ3v) is 7.42. The Bertz CT molecular complexity index is 1160. The smallest absolute Gasteiger partial charge is 0.230 e. The van der Waals surface area contributed by atoms with Gasteiger partial charge in [-0.2, -0.15) is 11.3 Å². The third kappa shape index (κ3) is 5.68. The van der Waals surface area contributed by atoms with Gasteiger partial charge in [0.15, 0.2) is 0 Å². The molecule has 1 N–H and O–H groups in total. The van der Waals surface area contributed by atoms with Gasteiger partial charge in [0.25, 0.3) is 0 Å². The highest BCUT2D eigenvalue weighted by Gasteiger charge is 2.17. The maximum atomic E-state index is 12.5. The van der Waals surface area contributed by atoms with Crippen molar-refractivity contribution in [1.29, 1.82) is 0 Å². The Labute approximate surface area is 202 Å². The van der Waals surface area contributed by atoms with Gasteiger partial charge in [-0.1, -0.05) is 30.3 Å². The predicted octanol–water partition coefficient (Wildman–Crippen LogP) is 5.38. The molecule has 1 saturated heterocycles. The van der Waals surface area contributed by atoms with Crippen LogP contribution < -0.4 is 10.2 Å². The molecule has 5 nitrogen and oxygen atoms in total. The molecule has 0 bridgehead atoms. The van der Waals surface area contributed by atoms with E-state index in [9.17, 15) is 4.79 Å². The van der Waals surface area contributed by atoms with Crippen LogP contribution in [-0.4, -0.2) is 42.0 Å². The zero-order valence-electron chi connectivity index (χ0n) is 18.3. The standard InChI is InChI=1S/C26H26N4OS2/c31-25(16-23-19-33-26(28-23)21-10-15-32-18-21)27-22-6-8-24(9-7-22)30-13-11-29(12-14-30)17-20-4-2-1-3-5-20/h1-10,15,18-19H,11-14,16-17H2,(H,27,31). The molecule has 2 aromatic heterocycles. The fourth-order valence-electron chi connectivity index (χ4n) is 4.04. The SMILES string of the molecule is O=C(Cc1csc(-c2ccsc2)n1)Nc1ccc(N2CCN(Cc3ccccc3)CC2)cc1. The van der Waals surface area contributed by atoms with Crippen molar-refractivity contribution in [2.24, 2.45) is 0 Å². The van der Waals surface area contributed by atoms with E-state index in [0.29, 0.717) is 0 Å². The van der Waals surface area contributed by atoms with Gasteiger partial charge in [0.2, 0.25) is 5.91 Å². The summed E-state index contributed by atoms with van der Waals surface area (Å²) in [5.41, 5.74) is 5.32. The minimum atomic E-state index is -0.0422. The normalized spacial score (nSPS) is 14.4. The minimum absolute atomic E-state index is 0.0422. The fraction of sp³-hybridized carbons (Fsp3) is 0.231. The van der Waals surface area contributed by atoms with E-state index in [4.69, 9.17) is 0 Å². The molecule has 7 heteroatoms. The summed E-state index contributed by atoms with van der Waals surface area (Å²) < 4.78 is 0. The lowest BCUT2D eigenvalue weighted by Crippen LogP contribution is -2.45. The second-order valence-electron chi connectivity index (χ2n) is 8.18. The summed E-state index contributed by atoms with van der Waals surface area (Å²) in [6, 6.07) is 20.9. The molecule has 3 heterocycles. The van der Waals surface area contributed by atoms with Gasteiger partial charge in [-0.25, -0.2) is 4.98 Å². The molecule has 5 rings (SSSR count). The van der Waals surface area contributed by atoms with Crippen LogP contribution in [0.25, 0.3) is 10.6 Å². The van der Waals surface area contributed by atoms with Gasteiger partial charge >= 0.3 is 0 Å². The highest BCUT2D eigenvalue weighted by Crippen LogP contribution is 2.26. The van der Waals surface area contributed by atoms with Gasteiger partial charge in [-0.05, 0) is 41.3 Å². The predicted molar refractivity (Wildman–Crippen MR) is 138 cm³/mol. The molecule has 1 aliphatic rings. The van der Waals surface area contributed by atoms with E-state index in [1.165, 1.54) is 11.3 Å². The molecule has 33 heavy (non-hydrogen) atoms. The minimum Gasteiger partial charge on any atom is -0.369 e. The summed E-state index contributed by atoms with van der Waals surface area (Å²) in [6.45, 7) is 5.12. The molecule has 2 aromatic carbocycles. The van der Waals surface area contributed by atoms with Crippen LogP contribution in [0.15, 0.2) is 76.8 Å². The number of aromatic nitrogens is 1. The maximum Gasteiger partial charge on any atom is 0.230 e. The number of nitrogens with zero attached hydrogens (tertiary/aromatic N) is 3. The molecule has 168 valence electrons. The number of benzene rings is 2. The number of hydrogen-bond acceptors (Lipinski definition) is 6. The van der Waals surface area contributed by atoms with Crippen molar-refractivity contribution >= 4 is 40.0 Å². The summed E-state index contributed by atoms with van der Waals surface area (Å²) in [5, 5.41) is 10.0. The number of carbonyl (C=O) groups excluding carboxylic acids is 1. The molecule has 0 atom stereocenters. The summed E-state index contributed by atoms with van der Waals surface area (Å²) in [7, 11) is 0. The van der Waals surface area contributed by atoms with Crippen LogP contribution in [-0.2, 0) is 17.8 Å². The molecule has 0 unspecified atom stereocenters. The van der Waals surface area contributed by atoms with Crippen molar-refractivity contribution in [2.45, 2.75) is 13.0 Å². The Kier molecular flexibility index (Phi) is 6.81. The van der Waals surface area contributed by atoms with E-state index < -0.39 is 0 Å². The second-order valence-corrected chi connectivity index (χ2v) is 9.81. The molecule has 4 aromatic rings. The zero-order chi connectivity index (χ0) is 22.5. The van der Waals surface area contributed by atoms with Gasteiger partial charge in [-0.3, -0.25) is 9.69 Å². The molecule has 0 saturated carbocycles. The van der Waals surface area contributed by atoms with E-state index in [1.807, 2.05) is 22.9 Å². The monoisotopic (exact) mass is 474 g/mol. The molecule has 0 radical (unpaired) electrons. The highest BCUT2D eigenvalue weighted by molar-refractivity contribution is 7.14. The number of nitrogens with one attached hydrogen (secondary N) is 1. The first-order valence-corrected chi connectivity index (χ1v) is 12.9. The Morgan fingerprint density at radius 1 is 0.939 bits per heavy atom. The molecular formula is C26H26N4OS2. The first-order valence-electron chi connectivity index (χ1n) is 11.1. The van der Waals surface area contributed by atoms with Crippen LogP contribution >= 0.6 is 22.7 Å². The van der Waals surface area contributed by atoms with Crippen LogP contribution in [0.5, 0.6) is 0 Å². The number of piperazine rings is 1. The number of rotatable bonds is 7. The van der Waals surface area contributed by atoms with Crippen molar-refractivity contribution in [3.63, 3.8) is 0 Å². The quantitative estimate of drug-likeness (QED) is 0.391. The number of thiazole rings is 1. The van der Waals surface area contributed by atoms with Crippen molar-refractivity contribution in [1.82, 2.24) is 9.88 Å². The third-order valence-electron chi connectivity index (χ3n) is 5.80. The molecule has 1 aliphatic heterocycles. The summed E-state index contributed by atoms with van der Waals surface area (Å²) in [6.07, 6.45) is 0.283. The molecule has 0 spiro atoms. The largest absolute Gasteiger partial charge is 0.369 e. The molecule has 1 fully saturated rings. The first-order chi connectivity index (χ1) is 16.2. The molecular weight excluding hydrogens is 448 g/mol. The Balaban J connectivity index is 1.11. The van der Waals surface area contributed by atoms with E-state index in [2.05, 4.69) is 74.0 Å². The number of amides is 1. The summed E-state index contributed by atoms with van der Waals surface area (Å²) in [4.78, 5) is 22.0. The second kappa shape index (κ2) is 10.3. The average molecular weight is 475 g/mol. The molecule has 1 amide bonds. The van der Waals surface area contributed by atoms with Gasteiger partial charge < -0.3 is 10.2 Å². The van der Waals surface area contributed by atoms with E-state index in [0.717, 1.165) is 54.7 Å². The molecule has 0 aliphatic carbocycles. The number of carbonyl (C=O) groups is 1. The van der Waals surface area contributed by atoms with Crippen molar-refractivity contribution in [2.75, 3.05) is 36.4 Å². The van der Waals surface area contributed by atoms with Crippen LogP contribution in [0.4, 0.5) is 11.4 Å². The number of thiophene rings is 1. The number of anilines is 2. The van der Waals surface area contributed by atoms with E-state index >= 15 is 0 Å². The maximum absolute atomic E-state index is 12.5. The average Bonchev–Trinajstić information content (AvgIpc) is 3.53. The lowest BCUT2D eigenvalue weighted by atomic mass is 10.2. The van der Waals surface area contributed by atoms with Crippen LogP contribution in [0.3, 0.4) is 0 Å². The van der Waals surface area contributed by atoms with Crippen LogP contribution in [0, 0.1) is 0 Å². The Morgan fingerprint density at radius 3 is 2.45 bits per heavy atom. The van der Waals surface area contributed by atoms with Crippen LogP contribution in [0.2, 0.25) is 0 Å². The van der Waals surface area contributed by atoms with Gasteiger partial charge in [0.1, 0.15) is 5.01 Å². The topological polar surface area (TPSA) is 48.5 Å². The lowest BCUT2D eigenvalue weighted by molar-refractivity contribution is -0.115. The van der Waals surface area contributed by atoms with Gasteiger partial charge in [0.05, 0.1) is 12.1 Å². The van der Waals surface area contributed by atoms with Crippen molar-refractivity contribution in [3.05, 3.63) is 88.1 Å². The van der Waals surface area contributed by atoms with Crippen molar-refractivity contribution in [3.8, 4) is 10.6 Å². The summed E-state index contributed by atoms with van der Waals surface area (Å²) in [5.74, 6) is -0.0422. The van der Waals surface area contributed by atoms with E-state index in [1.54, 1.807) is 22.7 Å². The zero-order valence-corrected chi connectivity index (χ0v) is 19.9. The van der Waals surface area contributed by atoms with Crippen LogP contribution in [0.1, 0.15) is 11.3 Å². The van der Waals surface area contributed by atoms with Gasteiger partial charge in [0, 0.05) is 60.4 Å². The summed E-state index contributed by atoms with van der Waals surface area (Å²) >= 11 is 3.23. The Hall–Kier alpha value is -3.00. The van der Waals surface area contributed by atoms with E-state index in [-0.39, 0.29) is 12.3 Å². The lowest BCUT2D eigenvalue weighted by Gasteiger charge is -2.36. The van der Waals surface area contributed by atoms with Gasteiger partial charge in [-0.15, -0.1) is 11.3 Å². The van der Waals surface area contributed by atoms with Crippen molar-refractivity contribution < 1.29 is 4.79 Å². The number of hydrogen-bond donors (Lipinski definition) is 1. The fourth-order valence-corrected chi connectivity index (χ4v) is 5.57. The first kappa shape index (κ1) is 21.8. The Morgan fingerprint density at radius 2 is 1.73 bits per heavy atom.